The molecule has 1 N–H and O–H groups in total. The van der Waals surface area contributed by atoms with Crippen molar-refractivity contribution < 1.29 is 19.0 Å². The van der Waals surface area contributed by atoms with Gasteiger partial charge in [-0.2, -0.15) is 0 Å². The van der Waals surface area contributed by atoms with Gasteiger partial charge in [0.2, 0.25) is 5.91 Å². The summed E-state index contributed by atoms with van der Waals surface area (Å²) in [6, 6.07) is 17.5. The van der Waals surface area contributed by atoms with E-state index in [0.29, 0.717) is 18.0 Å². The zero-order valence-electron chi connectivity index (χ0n) is 16.2. The Kier molecular flexibility index (Phi) is 6.17. The van der Waals surface area contributed by atoms with Gasteiger partial charge < -0.3 is 19.5 Å². The normalized spacial score (nSPS) is 10.8. The van der Waals surface area contributed by atoms with Gasteiger partial charge in [-0.15, -0.1) is 0 Å². The lowest BCUT2D eigenvalue weighted by atomic mass is 10.1. The van der Waals surface area contributed by atoms with Crippen LogP contribution in [0.15, 0.2) is 60.7 Å². The fourth-order valence-electron chi connectivity index (χ4n) is 2.89. The number of carbonyl (C=O) groups excluding carboxylic acids is 1. The van der Waals surface area contributed by atoms with Gasteiger partial charge in [0.05, 0.1) is 21.3 Å². The van der Waals surface area contributed by atoms with E-state index < -0.39 is 0 Å². The predicted molar refractivity (Wildman–Crippen MR) is 111 cm³/mol. The first-order valence-corrected chi connectivity index (χ1v) is 8.87. The molecule has 3 aromatic carbocycles. The van der Waals surface area contributed by atoms with Gasteiger partial charge in [0, 0.05) is 12.6 Å². The van der Waals surface area contributed by atoms with Crippen molar-refractivity contribution in [1.82, 2.24) is 5.32 Å². The largest absolute Gasteiger partial charge is 0.497 e. The van der Waals surface area contributed by atoms with Crippen LogP contribution >= 0.6 is 0 Å². The van der Waals surface area contributed by atoms with Gasteiger partial charge in [-0.1, -0.05) is 24.3 Å². The van der Waals surface area contributed by atoms with E-state index in [0.717, 1.165) is 27.6 Å². The van der Waals surface area contributed by atoms with Crippen LogP contribution in [-0.2, 0) is 11.3 Å². The van der Waals surface area contributed by atoms with Crippen LogP contribution in [-0.4, -0.2) is 27.2 Å². The molecule has 3 aromatic rings. The quantitative estimate of drug-likeness (QED) is 0.627. The van der Waals surface area contributed by atoms with Crippen LogP contribution in [0.3, 0.4) is 0 Å². The third-order valence-electron chi connectivity index (χ3n) is 4.41. The highest BCUT2D eigenvalue weighted by molar-refractivity contribution is 5.92. The molecular weight excluding hydrogens is 354 g/mol. The second kappa shape index (κ2) is 8.95. The molecule has 0 bridgehead atoms. The molecule has 0 heterocycles. The van der Waals surface area contributed by atoms with Crippen molar-refractivity contribution in [2.75, 3.05) is 21.3 Å². The SMILES string of the molecule is COc1ccc2cc(CNC(=O)/C=C/c3ccc(OC)c(OC)c3)ccc2c1. The zero-order chi connectivity index (χ0) is 19.9. The van der Waals surface area contributed by atoms with E-state index in [1.807, 2.05) is 42.5 Å². The lowest BCUT2D eigenvalue weighted by Gasteiger charge is -2.08. The predicted octanol–water partition coefficient (Wildman–Crippen LogP) is 4.20. The van der Waals surface area contributed by atoms with Crippen LogP contribution < -0.4 is 19.5 Å². The molecule has 0 aliphatic heterocycles. The summed E-state index contributed by atoms with van der Waals surface area (Å²) in [6.07, 6.45) is 3.25. The fraction of sp³-hybridized carbons (Fsp3) is 0.174. The minimum Gasteiger partial charge on any atom is -0.497 e. The minimum atomic E-state index is -0.162. The first-order valence-electron chi connectivity index (χ1n) is 8.87. The maximum Gasteiger partial charge on any atom is 0.244 e. The second-order valence-corrected chi connectivity index (χ2v) is 6.21. The molecule has 0 fully saturated rings. The zero-order valence-corrected chi connectivity index (χ0v) is 16.2. The number of nitrogens with one attached hydrogen (secondary N) is 1. The summed E-state index contributed by atoms with van der Waals surface area (Å²) in [4.78, 5) is 12.1. The van der Waals surface area contributed by atoms with Crippen molar-refractivity contribution in [3.63, 3.8) is 0 Å². The summed E-state index contributed by atoms with van der Waals surface area (Å²) in [5, 5.41) is 5.11. The summed E-state index contributed by atoms with van der Waals surface area (Å²) < 4.78 is 15.7. The summed E-state index contributed by atoms with van der Waals surface area (Å²) in [5.74, 6) is 1.94. The fourth-order valence-corrected chi connectivity index (χ4v) is 2.89. The van der Waals surface area contributed by atoms with Crippen molar-refractivity contribution in [1.29, 1.82) is 0 Å². The molecule has 0 aromatic heterocycles. The molecule has 0 aliphatic rings. The molecule has 5 nitrogen and oxygen atoms in total. The number of methoxy groups -OCH3 is 3. The third-order valence-corrected chi connectivity index (χ3v) is 4.41. The van der Waals surface area contributed by atoms with E-state index >= 15 is 0 Å². The average Bonchev–Trinajstić information content (AvgIpc) is 2.75. The van der Waals surface area contributed by atoms with Crippen molar-refractivity contribution in [2.24, 2.45) is 0 Å². The number of benzene rings is 3. The molecule has 0 unspecified atom stereocenters. The number of amides is 1. The Hall–Kier alpha value is -3.47. The van der Waals surface area contributed by atoms with E-state index in [9.17, 15) is 4.79 Å². The van der Waals surface area contributed by atoms with E-state index in [1.165, 1.54) is 6.08 Å². The molecule has 0 atom stereocenters. The van der Waals surface area contributed by atoms with E-state index in [-0.39, 0.29) is 5.91 Å². The van der Waals surface area contributed by atoms with Crippen molar-refractivity contribution in [3.05, 3.63) is 71.8 Å². The lowest BCUT2D eigenvalue weighted by Crippen LogP contribution is -2.20. The highest BCUT2D eigenvalue weighted by Gasteiger charge is 2.04. The molecule has 0 radical (unpaired) electrons. The molecular formula is C23H23NO4. The number of hydrogen-bond donors (Lipinski definition) is 1. The Morgan fingerprint density at radius 1 is 0.857 bits per heavy atom. The standard InChI is InChI=1S/C23H23NO4/c1-26-20-9-8-18-12-17(4-7-19(18)14-20)15-24-23(25)11-6-16-5-10-21(27-2)22(13-16)28-3/h4-14H,15H2,1-3H3,(H,24,25)/b11-6+. The summed E-state index contributed by atoms with van der Waals surface area (Å²) in [5.41, 5.74) is 1.89. The molecule has 5 heteroatoms. The van der Waals surface area contributed by atoms with Gasteiger partial charge in [0.1, 0.15) is 5.75 Å². The molecule has 28 heavy (non-hydrogen) atoms. The molecule has 3 rings (SSSR count). The van der Waals surface area contributed by atoms with E-state index in [4.69, 9.17) is 14.2 Å². The maximum absolute atomic E-state index is 12.1. The first-order chi connectivity index (χ1) is 13.6. The number of carbonyl (C=O) groups is 1. The number of fused-ring (bicyclic) bond motifs is 1. The molecule has 0 spiro atoms. The molecule has 0 saturated carbocycles. The van der Waals surface area contributed by atoms with Gasteiger partial charge in [0.15, 0.2) is 11.5 Å². The smallest absolute Gasteiger partial charge is 0.244 e. The molecule has 0 aliphatic carbocycles. The van der Waals surface area contributed by atoms with E-state index in [2.05, 4.69) is 11.4 Å². The van der Waals surface area contributed by atoms with Crippen LogP contribution in [0.2, 0.25) is 0 Å². The highest BCUT2D eigenvalue weighted by Crippen LogP contribution is 2.28. The number of rotatable bonds is 7. The van der Waals surface area contributed by atoms with Gasteiger partial charge >= 0.3 is 0 Å². The minimum absolute atomic E-state index is 0.162. The lowest BCUT2D eigenvalue weighted by molar-refractivity contribution is -0.116. The average molecular weight is 377 g/mol. The maximum atomic E-state index is 12.1. The number of ether oxygens (including phenoxy) is 3. The Morgan fingerprint density at radius 2 is 1.61 bits per heavy atom. The van der Waals surface area contributed by atoms with Crippen LogP contribution in [0.5, 0.6) is 17.2 Å². The number of hydrogen-bond acceptors (Lipinski definition) is 4. The highest BCUT2D eigenvalue weighted by atomic mass is 16.5. The van der Waals surface area contributed by atoms with Crippen molar-refractivity contribution in [2.45, 2.75) is 6.54 Å². The molecule has 1 amide bonds. The Balaban J connectivity index is 1.62. The van der Waals surface area contributed by atoms with Crippen LogP contribution in [0.1, 0.15) is 11.1 Å². The third kappa shape index (κ3) is 4.62. The monoisotopic (exact) mass is 377 g/mol. The molecule has 0 saturated heterocycles. The summed E-state index contributed by atoms with van der Waals surface area (Å²) >= 11 is 0. The van der Waals surface area contributed by atoms with Gasteiger partial charge in [-0.3, -0.25) is 4.79 Å². The Morgan fingerprint density at radius 3 is 2.36 bits per heavy atom. The van der Waals surface area contributed by atoms with Crippen LogP contribution in [0.4, 0.5) is 0 Å². The molecule has 144 valence electrons. The topological polar surface area (TPSA) is 56.8 Å². The first kappa shape index (κ1) is 19.3. The van der Waals surface area contributed by atoms with Gasteiger partial charge in [-0.05, 0) is 58.3 Å². The van der Waals surface area contributed by atoms with Gasteiger partial charge in [-0.25, -0.2) is 0 Å². The van der Waals surface area contributed by atoms with Crippen molar-refractivity contribution >= 4 is 22.8 Å². The van der Waals surface area contributed by atoms with Crippen molar-refractivity contribution in [3.8, 4) is 17.2 Å². The Bertz CT molecular complexity index is 1010. The van der Waals surface area contributed by atoms with Crippen LogP contribution in [0, 0.1) is 0 Å². The van der Waals surface area contributed by atoms with Gasteiger partial charge in [0.25, 0.3) is 0 Å². The summed E-state index contributed by atoms with van der Waals surface area (Å²) in [7, 11) is 4.82. The van der Waals surface area contributed by atoms with Crippen LogP contribution in [0.25, 0.3) is 16.8 Å². The second-order valence-electron chi connectivity index (χ2n) is 6.21. The van der Waals surface area contributed by atoms with E-state index in [1.54, 1.807) is 33.5 Å². The Labute approximate surface area is 164 Å². The summed E-state index contributed by atoms with van der Waals surface area (Å²) in [6.45, 7) is 0.455.